The van der Waals surface area contributed by atoms with Gasteiger partial charge in [-0.1, -0.05) is 12.1 Å². The van der Waals surface area contributed by atoms with Crippen LogP contribution in [0.2, 0.25) is 0 Å². The molecule has 2 fully saturated rings. The van der Waals surface area contributed by atoms with Crippen LogP contribution < -0.4 is 11.1 Å². The third-order valence-corrected chi connectivity index (χ3v) is 10.9. The normalized spacial score (nSPS) is 17.2. The minimum Gasteiger partial charge on any atom is -0.444 e. The van der Waals surface area contributed by atoms with Crippen LogP contribution in [0, 0.1) is 13.8 Å². The zero-order valence-electron chi connectivity index (χ0n) is 33.7. The number of nitrogens with zero attached hydrogens (tertiary/aromatic N) is 7. The molecule has 2 aliphatic rings. The van der Waals surface area contributed by atoms with E-state index in [9.17, 15) is 22.8 Å². The lowest BCUT2D eigenvalue weighted by Gasteiger charge is -2.42. The van der Waals surface area contributed by atoms with Gasteiger partial charge in [0.2, 0.25) is 0 Å². The first-order valence-corrected chi connectivity index (χ1v) is 19.4. The molecular weight excluding hydrogens is 738 g/mol. The van der Waals surface area contributed by atoms with Crippen molar-refractivity contribution in [3.8, 4) is 11.1 Å². The van der Waals surface area contributed by atoms with Gasteiger partial charge in [0.05, 0.1) is 35.1 Å². The number of nitrogens with two attached hydrogens (primary N) is 1. The minimum absolute atomic E-state index is 0.0677. The Morgan fingerprint density at radius 1 is 0.965 bits per heavy atom. The number of rotatable bonds is 9. The van der Waals surface area contributed by atoms with Gasteiger partial charge in [0.1, 0.15) is 16.8 Å². The Kier molecular flexibility index (Phi) is 11.8. The van der Waals surface area contributed by atoms with Crippen LogP contribution >= 0.6 is 0 Å². The van der Waals surface area contributed by atoms with E-state index in [1.165, 1.54) is 6.21 Å². The van der Waals surface area contributed by atoms with Crippen LogP contribution in [0.4, 0.5) is 23.7 Å². The Hall–Kier alpha value is -5.25. The summed E-state index contributed by atoms with van der Waals surface area (Å²) in [6, 6.07) is 13.1. The minimum atomic E-state index is -4.54. The number of alkyl halides is 3. The lowest BCUT2D eigenvalue weighted by atomic mass is 9.92. The van der Waals surface area contributed by atoms with Gasteiger partial charge in [-0.05, 0) is 115 Å². The molecule has 2 aromatic carbocycles. The molecule has 0 saturated carbocycles. The van der Waals surface area contributed by atoms with Gasteiger partial charge in [-0.15, -0.1) is 0 Å². The summed E-state index contributed by atoms with van der Waals surface area (Å²) in [4.78, 5) is 38.2. The molecule has 4 heterocycles. The highest BCUT2D eigenvalue weighted by molar-refractivity contribution is 6.12. The summed E-state index contributed by atoms with van der Waals surface area (Å²) in [5, 5.41) is 14.8. The van der Waals surface area contributed by atoms with Gasteiger partial charge < -0.3 is 25.6 Å². The van der Waals surface area contributed by atoms with Crippen molar-refractivity contribution in [1.29, 1.82) is 0 Å². The number of aromatic nitrogens is 5. The molecule has 2 aromatic heterocycles. The lowest BCUT2D eigenvalue weighted by molar-refractivity contribution is -0.182. The molecule has 2 amide bonds. The predicted octanol–water partition coefficient (Wildman–Crippen LogP) is 7.18. The number of amides is 2. The number of aliphatic imine (C=N–C) groups is 1. The largest absolute Gasteiger partial charge is 0.444 e. The molecular formula is C41H53F3N10O3. The molecule has 2 aliphatic heterocycles. The molecule has 0 bridgehead atoms. The quantitative estimate of drug-likeness (QED) is 0.119. The van der Waals surface area contributed by atoms with Gasteiger partial charge in [-0.25, -0.2) is 9.78 Å². The summed E-state index contributed by atoms with van der Waals surface area (Å²) in [6.45, 7) is 14.9. The monoisotopic (exact) mass is 790 g/mol. The first-order chi connectivity index (χ1) is 26.8. The second-order valence-corrected chi connectivity index (χ2v) is 16.5. The van der Waals surface area contributed by atoms with Crippen molar-refractivity contribution in [2.45, 2.75) is 110 Å². The zero-order chi connectivity index (χ0) is 41.3. The Balaban J connectivity index is 1.04. The van der Waals surface area contributed by atoms with Gasteiger partial charge in [-0.3, -0.25) is 19.6 Å². The number of H-pyrrole nitrogens is 1. The second-order valence-electron chi connectivity index (χ2n) is 16.5. The number of aromatic amines is 1. The van der Waals surface area contributed by atoms with Crippen molar-refractivity contribution in [2.24, 2.45) is 10.7 Å². The molecule has 4 aromatic rings. The fraction of sp³-hybridized carbons (Fsp3) is 0.512. The van der Waals surface area contributed by atoms with Gasteiger partial charge in [0.15, 0.2) is 5.82 Å². The molecule has 2 saturated heterocycles. The number of benzene rings is 2. The number of carbonyl (C=O) groups excluding carboxylic acids is 2. The van der Waals surface area contributed by atoms with E-state index in [1.54, 1.807) is 0 Å². The second kappa shape index (κ2) is 16.3. The highest BCUT2D eigenvalue weighted by atomic mass is 19.4. The van der Waals surface area contributed by atoms with Crippen molar-refractivity contribution < 1.29 is 27.5 Å². The predicted molar refractivity (Wildman–Crippen MR) is 213 cm³/mol. The average Bonchev–Trinajstić information content (AvgIpc) is 3.78. The van der Waals surface area contributed by atoms with Crippen LogP contribution in [-0.4, -0.2) is 97.0 Å². The van der Waals surface area contributed by atoms with Crippen LogP contribution in [0.15, 0.2) is 53.2 Å². The Morgan fingerprint density at radius 3 is 2.25 bits per heavy atom. The molecule has 0 radical (unpaired) electrons. The average molecular weight is 791 g/mol. The number of nitrogens with one attached hydrogen (secondary N) is 2. The van der Waals surface area contributed by atoms with E-state index < -0.39 is 28.9 Å². The van der Waals surface area contributed by atoms with Gasteiger partial charge in [0.25, 0.3) is 5.91 Å². The summed E-state index contributed by atoms with van der Waals surface area (Å²) < 4.78 is 47.9. The molecule has 306 valence electrons. The maximum atomic E-state index is 13.4. The Morgan fingerprint density at radius 2 is 1.61 bits per heavy atom. The van der Waals surface area contributed by atoms with Crippen molar-refractivity contribution in [1.82, 2.24) is 40.1 Å². The fourth-order valence-electron chi connectivity index (χ4n) is 7.33. The van der Waals surface area contributed by atoms with Crippen molar-refractivity contribution in [2.75, 3.05) is 26.2 Å². The molecule has 0 unspecified atom stereocenters. The van der Waals surface area contributed by atoms with E-state index in [-0.39, 0.29) is 24.0 Å². The number of piperidine rings is 2. The van der Waals surface area contributed by atoms with E-state index in [4.69, 9.17) is 15.6 Å². The maximum Gasteiger partial charge on any atom is 0.410 e. The topological polar surface area (TPSA) is 160 Å². The number of hydrogen-bond acceptors (Lipinski definition) is 9. The molecule has 13 nitrogen and oxygen atoms in total. The molecule has 4 N–H and O–H groups in total. The third-order valence-electron chi connectivity index (χ3n) is 10.9. The molecule has 6 rings (SSSR count). The lowest BCUT2D eigenvalue weighted by Crippen LogP contribution is -2.50. The number of ether oxygens (including phenoxy) is 1. The van der Waals surface area contributed by atoms with E-state index >= 15 is 0 Å². The van der Waals surface area contributed by atoms with Crippen molar-refractivity contribution in [3.05, 3.63) is 71.1 Å². The number of halogens is 3. The van der Waals surface area contributed by atoms with Crippen LogP contribution in [0.25, 0.3) is 22.0 Å². The van der Waals surface area contributed by atoms with Crippen molar-refractivity contribution >= 4 is 34.8 Å². The molecule has 57 heavy (non-hydrogen) atoms. The zero-order valence-corrected chi connectivity index (χ0v) is 33.7. The fourth-order valence-corrected chi connectivity index (χ4v) is 7.33. The Labute approximate surface area is 330 Å². The first kappa shape index (κ1) is 41.4. The third kappa shape index (κ3) is 9.32. The van der Waals surface area contributed by atoms with Crippen LogP contribution in [0.5, 0.6) is 0 Å². The van der Waals surface area contributed by atoms with Crippen LogP contribution in [-0.2, 0) is 21.5 Å². The van der Waals surface area contributed by atoms with Crippen LogP contribution in [0.1, 0.15) is 89.3 Å². The van der Waals surface area contributed by atoms with Gasteiger partial charge in [-0.2, -0.15) is 23.4 Å². The summed E-state index contributed by atoms with van der Waals surface area (Å²) in [6.07, 6.45) is 1.64. The SMILES string of the molecule is Cc1cc(-c2ccc3c(c2)c(C)nn3C2CCN(C3CCN(C(=O)OC(C)(C)C)CC3)CC2)ccc1N=C/C(=C\N)C(=O)NCc1nc(C(C)(C)C(F)(F)F)n[nH]1. The molecule has 16 heteroatoms. The van der Waals surface area contributed by atoms with Crippen molar-refractivity contribution in [3.63, 3.8) is 0 Å². The van der Waals surface area contributed by atoms with E-state index in [1.807, 2.05) is 50.8 Å². The van der Waals surface area contributed by atoms with E-state index in [0.717, 1.165) is 105 Å². The molecule has 0 atom stereocenters. The number of hydrogen-bond donors (Lipinski definition) is 3. The highest BCUT2D eigenvalue weighted by Gasteiger charge is 2.51. The van der Waals surface area contributed by atoms with Gasteiger partial charge >= 0.3 is 12.3 Å². The van der Waals surface area contributed by atoms with E-state index in [2.05, 4.69) is 60.2 Å². The summed E-state index contributed by atoms with van der Waals surface area (Å²) in [7, 11) is 0. The first-order valence-electron chi connectivity index (χ1n) is 19.4. The molecule has 0 spiro atoms. The summed E-state index contributed by atoms with van der Waals surface area (Å²) in [5.41, 5.74) is 8.74. The van der Waals surface area contributed by atoms with Crippen LogP contribution in [0.3, 0.4) is 0 Å². The standard InChI is InChI=1S/C41H53F3N10O3/c1-25-20-27(8-10-33(25)46-23-29(22-45)36(55)47-24-35-48-37(50-49-35)40(6,7)41(42,43)44)28-9-11-34-32(21-28)26(2)51-54(34)31-14-16-52(17-15-31)30-12-18-53(19-13-30)38(56)57-39(3,4)5/h8-11,20-23,30-31H,12-19,24,45H2,1-7H3,(H,47,55)(H,48,49,50)/b29-22+,46-23?. The summed E-state index contributed by atoms with van der Waals surface area (Å²) >= 11 is 0. The summed E-state index contributed by atoms with van der Waals surface area (Å²) in [5.74, 6) is -0.919. The van der Waals surface area contributed by atoms with E-state index in [0.29, 0.717) is 17.8 Å². The number of carbonyl (C=O) groups is 2. The Bertz CT molecular complexity index is 2150. The van der Waals surface area contributed by atoms with Gasteiger partial charge in [0, 0.05) is 50.0 Å². The maximum absolute atomic E-state index is 13.4. The molecule has 0 aliphatic carbocycles. The smallest absolute Gasteiger partial charge is 0.410 e. The number of fused-ring (bicyclic) bond motifs is 1. The number of likely N-dealkylation sites (tertiary alicyclic amines) is 2. The number of aryl methyl sites for hydroxylation is 2. The highest BCUT2D eigenvalue weighted by Crippen LogP contribution is 2.39.